The standard InChI is InChI=1S/C12H23NO2/c1-9(2)11(14)15-12(3,4)10-5-7-13-8-6-10/h9-10,13H,5-8H2,1-4H3. The summed E-state index contributed by atoms with van der Waals surface area (Å²) in [5, 5.41) is 3.32. The van der Waals surface area contributed by atoms with E-state index in [1.165, 1.54) is 0 Å². The molecule has 1 N–H and O–H groups in total. The van der Waals surface area contributed by atoms with Gasteiger partial charge in [0, 0.05) is 5.92 Å². The van der Waals surface area contributed by atoms with Crippen molar-refractivity contribution in [1.29, 1.82) is 0 Å². The minimum absolute atomic E-state index is 0.0361. The third kappa shape index (κ3) is 3.49. The number of ether oxygens (including phenoxy) is 1. The summed E-state index contributed by atoms with van der Waals surface area (Å²) >= 11 is 0. The Morgan fingerprint density at radius 2 is 1.87 bits per heavy atom. The molecule has 0 aromatic heterocycles. The van der Waals surface area contributed by atoms with Gasteiger partial charge in [-0.05, 0) is 39.8 Å². The normalized spacial score (nSPS) is 19.3. The van der Waals surface area contributed by atoms with E-state index in [0.717, 1.165) is 25.9 Å². The summed E-state index contributed by atoms with van der Waals surface area (Å²) in [4.78, 5) is 11.6. The number of nitrogens with one attached hydrogen (secondary N) is 1. The van der Waals surface area contributed by atoms with Crippen molar-refractivity contribution >= 4 is 5.97 Å². The van der Waals surface area contributed by atoms with Crippen LogP contribution in [0.15, 0.2) is 0 Å². The quantitative estimate of drug-likeness (QED) is 0.728. The lowest BCUT2D eigenvalue weighted by Gasteiger charge is -2.37. The third-order valence-corrected chi connectivity index (χ3v) is 3.16. The molecule has 3 heteroatoms. The SMILES string of the molecule is CC(C)C(=O)OC(C)(C)C1CCNCC1. The van der Waals surface area contributed by atoms with E-state index >= 15 is 0 Å². The second kappa shape index (κ2) is 4.97. The Kier molecular flexibility index (Phi) is 4.14. The van der Waals surface area contributed by atoms with Gasteiger partial charge in [-0.3, -0.25) is 4.79 Å². The van der Waals surface area contributed by atoms with Crippen LogP contribution in [-0.2, 0) is 9.53 Å². The average Bonchev–Trinajstić information content (AvgIpc) is 2.18. The van der Waals surface area contributed by atoms with E-state index in [0.29, 0.717) is 5.92 Å². The molecule has 0 radical (unpaired) electrons. The van der Waals surface area contributed by atoms with Gasteiger partial charge in [-0.2, -0.15) is 0 Å². The van der Waals surface area contributed by atoms with Crippen molar-refractivity contribution in [2.75, 3.05) is 13.1 Å². The van der Waals surface area contributed by atoms with Crippen molar-refractivity contribution in [3.05, 3.63) is 0 Å². The molecule has 0 aromatic rings. The highest BCUT2D eigenvalue weighted by Crippen LogP contribution is 2.29. The highest BCUT2D eigenvalue weighted by atomic mass is 16.6. The first-order chi connectivity index (χ1) is 6.93. The molecule has 1 aliphatic rings. The molecule has 1 rings (SSSR count). The van der Waals surface area contributed by atoms with Crippen molar-refractivity contribution in [2.24, 2.45) is 11.8 Å². The summed E-state index contributed by atoms with van der Waals surface area (Å²) < 4.78 is 5.57. The molecule has 1 heterocycles. The average molecular weight is 213 g/mol. The van der Waals surface area contributed by atoms with Gasteiger partial charge in [0.2, 0.25) is 0 Å². The van der Waals surface area contributed by atoms with Gasteiger partial charge in [-0.25, -0.2) is 0 Å². The van der Waals surface area contributed by atoms with Crippen LogP contribution < -0.4 is 5.32 Å². The molecule has 0 aromatic carbocycles. The molecule has 0 saturated carbocycles. The van der Waals surface area contributed by atoms with Crippen molar-refractivity contribution < 1.29 is 9.53 Å². The molecule has 0 aliphatic carbocycles. The molecule has 1 aliphatic heterocycles. The molecule has 0 amide bonds. The van der Waals surface area contributed by atoms with E-state index in [1.54, 1.807) is 0 Å². The first-order valence-electron chi connectivity index (χ1n) is 5.87. The summed E-state index contributed by atoms with van der Waals surface area (Å²) in [6, 6.07) is 0. The summed E-state index contributed by atoms with van der Waals surface area (Å²) in [5.41, 5.74) is -0.316. The maximum absolute atomic E-state index is 11.6. The van der Waals surface area contributed by atoms with E-state index in [4.69, 9.17) is 4.74 Å². The summed E-state index contributed by atoms with van der Waals surface area (Å²) in [5.74, 6) is 0.367. The summed E-state index contributed by atoms with van der Waals surface area (Å²) in [6.07, 6.45) is 2.19. The zero-order valence-electron chi connectivity index (χ0n) is 10.3. The van der Waals surface area contributed by atoms with Gasteiger partial charge < -0.3 is 10.1 Å². The zero-order chi connectivity index (χ0) is 11.5. The molecule has 0 bridgehead atoms. The Labute approximate surface area is 92.6 Å². The summed E-state index contributed by atoms with van der Waals surface area (Å²) in [6.45, 7) is 9.88. The van der Waals surface area contributed by atoms with Crippen LogP contribution in [0, 0.1) is 11.8 Å². The topological polar surface area (TPSA) is 38.3 Å². The Morgan fingerprint density at radius 3 is 2.33 bits per heavy atom. The van der Waals surface area contributed by atoms with Crippen LogP contribution in [0.1, 0.15) is 40.5 Å². The predicted octanol–water partition coefficient (Wildman–Crippen LogP) is 1.96. The van der Waals surface area contributed by atoms with E-state index in [9.17, 15) is 4.79 Å². The minimum atomic E-state index is -0.316. The number of rotatable bonds is 3. The fourth-order valence-electron chi connectivity index (χ4n) is 1.98. The Bertz CT molecular complexity index is 218. The van der Waals surface area contributed by atoms with Crippen LogP contribution in [0.4, 0.5) is 0 Å². The van der Waals surface area contributed by atoms with Crippen LogP contribution in [0.25, 0.3) is 0 Å². The van der Waals surface area contributed by atoms with Crippen molar-refractivity contribution in [3.63, 3.8) is 0 Å². The van der Waals surface area contributed by atoms with E-state index in [-0.39, 0.29) is 17.5 Å². The van der Waals surface area contributed by atoms with Crippen LogP contribution in [0.2, 0.25) is 0 Å². The Balaban J connectivity index is 2.52. The van der Waals surface area contributed by atoms with Gasteiger partial charge in [-0.15, -0.1) is 0 Å². The van der Waals surface area contributed by atoms with Gasteiger partial charge in [0.25, 0.3) is 0 Å². The molecule has 0 spiro atoms. The molecule has 1 fully saturated rings. The first kappa shape index (κ1) is 12.5. The van der Waals surface area contributed by atoms with Crippen molar-refractivity contribution in [3.8, 4) is 0 Å². The molecule has 1 saturated heterocycles. The summed E-state index contributed by atoms with van der Waals surface area (Å²) in [7, 11) is 0. The van der Waals surface area contributed by atoms with Gasteiger partial charge >= 0.3 is 5.97 Å². The molecule has 88 valence electrons. The second-order valence-electron chi connectivity index (χ2n) is 5.20. The van der Waals surface area contributed by atoms with E-state index in [1.807, 2.05) is 27.7 Å². The van der Waals surface area contributed by atoms with Gasteiger partial charge in [0.1, 0.15) is 5.60 Å². The van der Waals surface area contributed by atoms with E-state index in [2.05, 4.69) is 5.32 Å². The number of hydrogen-bond donors (Lipinski definition) is 1. The minimum Gasteiger partial charge on any atom is -0.459 e. The number of piperidine rings is 1. The Hall–Kier alpha value is -0.570. The molecular weight excluding hydrogens is 190 g/mol. The fraction of sp³-hybridized carbons (Fsp3) is 0.917. The Morgan fingerprint density at radius 1 is 1.33 bits per heavy atom. The number of carbonyl (C=O) groups excluding carboxylic acids is 1. The van der Waals surface area contributed by atoms with Gasteiger partial charge in [0.05, 0.1) is 5.92 Å². The third-order valence-electron chi connectivity index (χ3n) is 3.16. The van der Waals surface area contributed by atoms with Crippen molar-refractivity contribution in [1.82, 2.24) is 5.32 Å². The van der Waals surface area contributed by atoms with Gasteiger partial charge in [-0.1, -0.05) is 13.8 Å². The monoisotopic (exact) mass is 213 g/mol. The predicted molar refractivity (Wildman–Crippen MR) is 60.6 cm³/mol. The maximum atomic E-state index is 11.6. The van der Waals surface area contributed by atoms with Crippen molar-refractivity contribution in [2.45, 2.75) is 46.1 Å². The molecular formula is C12H23NO2. The maximum Gasteiger partial charge on any atom is 0.308 e. The van der Waals surface area contributed by atoms with E-state index < -0.39 is 0 Å². The zero-order valence-corrected chi connectivity index (χ0v) is 10.3. The number of hydrogen-bond acceptors (Lipinski definition) is 3. The van der Waals surface area contributed by atoms with Crippen LogP contribution >= 0.6 is 0 Å². The lowest BCUT2D eigenvalue weighted by atomic mass is 9.83. The van der Waals surface area contributed by atoms with Gasteiger partial charge in [0.15, 0.2) is 0 Å². The highest BCUT2D eigenvalue weighted by molar-refractivity contribution is 5.72. The number of esters is 1. The lowest BCUT2D eigenvalue weighted by Crippen LogP contribution is -2.43. The smallest absolute Gasteiger partial charge is 0.308 e. The van der Waals surface area contributed by atoms with Crippen LogP contribution in [-0.4, -0.2) is 24.7 Å². The molecule has 0 unspecified atom stereocenters. The first-order valence-corrected chi connectivity index (χ1v) is 5.87. The molecule has 0 atom stereocenters. The highest BCUT2D eigenvalue weighted by Gasteiger charge is 2.34. The van der Waals surface area contributed by atoms with Crippen LogP contribution in [0.5, 0.6) is 0 Å². The number of carbonyl (C=O) groups is 1. The lowest BCUT2D eigenvalue weighted by molar-refractivity contribution is -0.166. The fourth-order valence-corrected chi connectivity index (χ4v) is 1.98. The van der Waals surface area contributed by atoms with Crippen LogP contribution in [0.3, 0.4) is 0 Å². The largest absolute Gasteiger partial charge is 0.459 e. The molecule has 15 heavy (non-hydrogen) atoms. The molecule has 3 nitrogen and oxygen atoms in total. The second-order valence-corrected chi connectivity index (χ2v) is 5.20.